The van der Waals surface area contributed by atoms with Gasteiger partial charge in [0.25, 0.3) is 5.91 Å². The highest BCUT2D eigenvalue weighted by molar-refractivity contribution is 5.99. The van der Waals surface area contributed by atoms with Crippen molar-refractivity contribution >= 4 is 23.4 Å². The first-order chi connectivity index (χ1) is 15.2. The number of aromatic nitrogens is 2. The number of amides is 1. The van der Waals surface area contributed by atoms with Gasteiger partial charge in [-0.2, -0.15) is 10.2 Å². The van der Waals surface area contributed by atoms with Crippen LogP contribution in [0.5, 0.6) is 5.75 Å². The third kappa shape index (κ3) is 5.29. The van der Waals surface area contributed by atoms with E-state index in [1.54, 1.807) is 18.2 Å². The maximum absolute atomic E-state index is 12.9. The summed E-state index contributed by atoms with van der Waals surface area (Å²) >= 11 is 0. The molecular formula is C22H25N7O2. The van der Waals surface area contributed by atoms with Gasteiger partial charge in [-0.1, -0.05) is 6.08 Å². The average Bonchev–Trinajstić information content (AvgIpc) is 2.81. The molecule has 1 aromatic heterocycles. The third-order valence-electron chi connectivity index (χ3n) is 5.29. The molecule has 2 aliphatic heterocycles. The fourth-order valence-corrected chi connectivity index (χ4v) is 3.53. The van der Waals surface area contributed by atoms with Crippen LogP contribution in [0.1, 0.15) is 28.8 Å². The van der Waals surface area contributed by atoms with Crippen molar-refractivity contribution in [1.29, 1.82) is 5.26 Å². The number of nitrogens with one attached hydrogen (secondary N) is 4. The fraction of sp³-hybridized carbons (Fsp3) is 0.364. The number of carbonyl (C=O) groups excluding carboxylic acids is 1. The van der Waals surface area contributed by atoms with E-state index < -0.39 is 0 Å². The molecule has 2 aromatic rings. The number of fused-ring (bicyclic) bond motifs is 4. The Bertz CT molecular complexity index is 1010. The van der Waals surface area contributed by atoms with Crippen molar-refractivity contribution in [3.8, 4) is 11.8 Å². The maximum Gasteiger partial charge on any atom is 0.256 e. The quantitative estimate of drug-likeness (QED) is 0.558. The first-order valence-electron chi connectivity index (χ1n) is 10.4. The second kappa shape index (κ2) is 9.91. The highest BCUT2D eigenvalue weighted by atomic mass is 16.5. The van der Waals surface area contributed by atoms with E-state index in [0.29, 0.717) is 59.9 Å². The highest BCUT2D eigenvalue weighted by Gasteiger charge is 2.19. The van der Waals surface area contributed by atoms with Gasteiger partial charge in [0.2, 0.25) is 5.95 Å². The Labute approximate surface area is 180 Å². The summed E-state index contributed by atoms with van der Waals surface area (Å²) in [6.45, 7) is 3.43. The molecule has 0 aliphatic carbocycles. The van der Waals surface area contributed by atoms with E-state index in [0.717, 1.165) is 25.9 Å². The number of piperidine rings is 1. The van der Waals surface area contributed by atoms with Crippen LogP contribution in [-0.2, 0) is 0 Å². The SMILES string of the molecule is N#Cc1ccc2cc1OC/C=C\CNc1ncc(C(=O)NCC3CCNCC3)c(n1)N2. The van der Waals surface area contributed by atoms with Gasteiger partial charge in [-0.25, -0.2) is 4.98 Å². The van der Waals surface area contributed by atoms with Crippen molar-refractivity contribution in [3.05, 3.63) is 47.7 Å². The van der Waals surface area contributed by atoms with Crippen molar-refractivity contribution < 1.29 is 9.53 Å². The number of carbonyl (C=O) groups is 1. The number of nitriles is 1. The molecule has 1 fully saturated rings. The Kier molecular flexibility index (Phi) is 6.59. The van der Waals surface area contributed by atoms with Crippen LogP contribution in [0.15, 0.2) is 36.5 Å². The summed E-state index contributed by atoms with van der Waals surface area (Å²) in [6.07, 6.45) is 7.37. The molecule has 0 spiro atoms. The molecule has 4 N–H and O–H groups in total. The summed E-state index contributed by atoms with van der Waals surface area (Å²) in [5, 5.41) is 22.0. The third-order valence-corrected chi connectivity index (χ3v) is 5.29. The van der Waals surface area contributed by atoms with E-state index in [1.807, 2.05) is 12.2 Å². The Hall–Kier alpha value is -3.64. The topological polar surface area (TPSA) is 124 Å². The molecule has 1 amide bonds. The fourth-order valence-electron chi connectivity index (χ4n) is 3.53. The lowest BCUT2D eigenvalue weighted by Crippen LogP contribution is -2.36. The van der Waals surface area contributed by atoms with Gasteiger partial charge >= 0.3 is 0 Å². The summed E-state index contributed by atoms with van der Waals surface area (Å²) in [7, 11) is 0. The van der Waals surface area contributed by atoms with Gasteiger partial charge < -0.3 is 26.0 Å². The zero-order valence-electron chi connectivity index (χ0n) is 17.1. The molecule has 160 valence electrons. The van der Waals surface area contributed by atoms with Crippen molar-refractivity contribution in [2.75, 3.05) is 43.4 Å². The Balaban J connectivity index is 1.59. The van der Waals surface area contributed by atoms with Crippen molar-refractivity contribution in [3.63, 3.8) is 0 Å². The largest absolute Gasteiger partial charge is 0.488 e. The van der Waals surface area contributed by atoms with Crippen molar-refractivity contribution in [2.24, 2.45) is 5.92 Å². The van der Waals surface area contributed by atoms with Crippen LogP contribution in [-0.4, -0.2) is 48.7 Å². The number of rotatable bonds is 3. The lowest BCUT2D eigenvalue weighted by Gasteiger charge is -2.23. The normalized spacial score (nSPS) is 17.3. The Morgan fingerprint density at radius 2 is 2.16 bits per heavy atom. The van der Waals surface area contributed by atoms with Gasteiger partial charge in [-0.15, -0.1) is 0 Å². The molecule has 1 aromatic carbocycles. The van der Waals surface area contributed by atoms with Gasteiger partial charge in [0.15, 0.2) is 0 Å². The minimum absolute atomic E-state index is 0.220. The van der Waals surface area contributed by atoms with Crippen LogP contribution in [0.25, 0.3) is 0 Å². The van der Waals surface area contributed by atoms with E-state index in [4.69, 9.17) is 4.74 Å². The van der Waals surface area contributed by atoms with Gasteiger partial charge in [-0.05, 0) is 50.1 Å². The molecule has 0 saturated carbocycles. The number of hydrogen-bond acceptors (Lipinski definition) is 8. The van der Waals surface area contributed by atoms with Gasteiger partial charge in [-0.3, -0.25) is 4.79 Å². The van der Waals surface area contributed by atoms with E-state index in [2.05, 4.69) is 37.3 Å². The second-order valence-electron chi connectivity index (χ2n) is 7.47. The number of hydrogen-bond donors (Lipinski definition) is 4. The minimum Gasteiger partial charge on any atom is -0.488 e. The van der Waals surface area contributed by atoms with Crippen molar-refractivity contribution in [2.45, 2.75) is 12.8 Å². The molecule has 0 atom stereocenters. The van der Waals surface area contributed by atoms with Crippen LogP contribution in [0.2, 0.25) is 0 Å². The number of ether oxygens (including phenoxy) is 1. The molecule has 31 heavy (non-hydrogen) atoms. The highest BCUT2D eigenvalue weighted by Crippen LogP contribution is 2.27. The molecule has 9 nitrogen and oxygen atoms in total. The van der Waals surface area contributed by atoms with Crippen LogP contribution in [0.3, 0.4) is 0 Å². The number of nitrogens with zero attached hydrogens (tertiary/aromatic N) is 3. The minimum atomic E-state index is -0.220. The summed E-state index contributed by atoms with van der Waals surface area (Å²) in [5.41, 5.74) is 1.46. The molecule has 4 rings (SSSR count). The van der Waals surface area contributed by atoms with E-state index in [-0.39, 0.29) is 5.91 Å². The smallest absolute Gasteiger partial charge is 0.256 e. The molecule has 3 heterocycles. The first kappa shape index (κ1) is 20.6. The van der Waals surface area contributed by atoms with Gasteiger partial charge in [0, 0.05) is 31.0 Å². The van der Waals surface area contributed by atoms with E-state index >= 15 is 0 Å². The van der Waals surface area contributed by atoms with Gasteiger partial charge in [0.1, 0.15) is 29.8 Å². The summed E-state index contributed by atoms with van der Waals surface area (Å²) in [5.74, 6) is 1.52. The molecule has 9 heteroatoms. The van der Waals surface area contributed by atoms with Crippen molar-refractivity contribution in [1.82, 2.24) is 20.6 Å². The van der Waals surface area contributed by atoms with Crippen LogP contribution >= 0.6 is 0 Å². The standard InChI is InChI=1S/C22H25N7O2/c23-12-16-3-4-17-11-19(16)31-10-2-1-7-25-22-27-14-18(20(28-17)29-22)21(30)26-13-15-5-8-24-9-6-15/h1-4,11,14-15,24H,5-10,13H2,(H,26,30)(H2,25,27,28,29)/b2-1-. The molecular weight excluding hydrogens is 394 g/mol. The maximum atomic E-state index is 12.9. The Morgan fingerprint density at radius 1 is 1.29 bits per heavy atom. The van der Waals surface area contributed by atoms with Crippen LogP contribution < -0.4 is 26.0 Å². The van der Waals surface area contributed by atoms with E-state index in [9.17, 15) is 10.1 Å². The molecule has 0 radical (unpaired) electrons. The van der Waals surface area contributed by atoms with E-state index in [1.165, 1.54) is 6.20 Å². The lowest BCUT2D eigenvalue weighted by atomic mass is 9.98. The van der Waals surface area contributed by atoms with Crippen LogP contribution in [0.4, 0.5) is 17.5 Å². The average molecular weight is 419 g/mol. The van der Waals surface area contributed by atoms with Gasteiger partial charge in [0.05, 0.1) is 5.56 Å². The lowest BCUT2D eigenvalue weighted by molar-refractivity contribution is 0.0944. The number of anilines is 3. The molecule has 1 saturated heterocycles. The number of benzene rings is 1. The zero-order valence-corrected chi connectivity index (χ0v) is 17.1. The molecule has 2 aliphatic rings. The zero-order chi connectivity index (χ0) is 21.5. The second-order valence-corrected chi connectivity index (χ2v) is 7.47. The predicted molar refractivity (Wildman–Crippen MR) is 118 cm³/mol. The monoisotopic (exact) mass is 419 g/mol. The Morgan fingerprint density at radius 3 is 3.00 bits per heavy atom. The first-order valence-corrected chi connectivity index (χ1v) is 10.4. The summed E-state index contributed by atoms with van der Waals surface area (Å²) in [4.78, 5) is 21.7. The molecule has 0 unspecified atom stereocenters. The summed E-state index contributed by atoms with van der Waals surface area (Å²) in [6, 6.07) is 7.30. The predicted octanol–water partition coefficient (Wildman–Crippen LogP) is 2.18. The summed E-state index contributed by atoms with van der Waals surface area (Å²) < 4.78 is 5.73. The molecule has 4 bridgehead atoms. The van der Waals surface area contributed by atoms with Crippen LogP contribution in [0, 0.1) is 17.2 Å².